The lowest BCUT2D eigenvalue weighted by molar-refractivity contribution is -0.138. The monoisotopic (exact) mass is 443 g/mol. The van der Waals surface area contributed by atoms with Gasteiger partial charge in [-0.25, -0.2) is 28.4 Å². The average Bonchev–Trinajstić information content (AvgIpc) is 3.08. The van der Waals surface area contributed by atoms with Crippen LogP contribution >= 0.6 is 11.6 Å². The molecule has 0 aliphatic heterocycles. The van der Waals surface area contributed by atoms with E-state index >= 15 is 0 Å². The highest BCUT2D eigenvalue weighted by Gasteiger charge is 2.24. The number of nitrogens with zero attached hydrogens (tertiary/aromatic N) is 5. The molecule has 0 radical (unpaired) electrons. The van der Waals surface area contributed by atoms with E-state index in [1.54, 1.807) is 25.1 Å². The number of carboxylic acid groups (broad SMARTS) is 1. The maximum absolute atomic E-state index is 14.1. The second kappa shape index (κ2) is 8.35. The average molecular weight is 444 g/mol. The molecule has 0 saturated carbocycles. The standard InChI is InChI=1S/C21H16ClF2N5O2/c1-2-13(21(30)31)15-9-25-19(27-18(15)22)17-14-7-12(23)8-26-20(14)29(28-17)10-11-5-3-4-6-16(11)24/h3-9,13H,2,10H2,1H3,(H,30,31). The molecule has 3 heterocycles. The number of hydrogen-bond donors (Lipinski definition) is 1. The number of fused-ring (bicyclic) bond motifs is 1. The van der Waals surface area contributed by atoms with Gasteiger partial charge in [-0.15, -0.1) is 0 Å². The first kappa shape index (κ1) is 20.8. The van der Waals surface area contributed by atoms with Crippen LogP contribution in [0.4, 0.5) is 8.78 Å². The molecule has 7 nitrogen and oxygen atoms in total. The van der Waals surface area contributed by atoms with Crippen molar-refractivity contribution in [2.24, 2.45) is 0 Å². The van der Waals surface area contributed by atoms with Crippen LogP contribution in [0.15, 0.2) is 42.7 Å². The highest BCUT2D eigenvalue weighted by molar-refractivity contribution is 6.30. The van der Waals surface area contributed by atoms with Crippen molar-refractivity contribution in [3.63, 3.8) is 0 Å². The van der Waals surface area contributed by atoms with Gasteiger partial charge in [-0.3, -0.25) is 4.79 Å². The summed E-state index contributed by atoms with van der Waals surface area (Å²) in [6, 6.07) is 7.47. The van der Waals surface area contributed by atoms with E-state index in [2.05, 4.69) is 20.1 Å². The van der Waals surface area contributed by atoms with E-state index in [0.717, 1.165) is 6.20 Å². The summed E-state index contributed by atoms with van der Waals surface area (Å²) in [6.07, 6.45) is 2.69. The molecule has 0 fully saturated rings. The normalized spacial score (nSPS) is 12.3. The van der Waals surface area contributed by atoms with Crippen LogP contribution in [0, 0.1) is 11.6 Å². The Balaban J connectivity index is 1.83. The zero-order chi connectivity index (χ0) is 22.1. The van der Waals surface area contributed by atoms with E-state index in [9.17, 15) is 18.7 Å². The minimum Gasteiger partial charge on any atom is -0.481 e. The van der Waals surface area contributed by atoms with Crippen molar-refractivity contribution in [2.75, 3.05) is 0 Å². The summed E-state index contributed by atoms with van der Waals surface area (Å²) in [5.74, 6) is -2.79. The minimum absolute atomic E-state index is 0.0274. The second-order valence-corrected chi connectivity index (χ2v) is 7.22. The molecule has 0 spiro atoms. The molecule has 1 unspecified atom stereocenters. The molecular weight excluding hydrogens is 428 g/mol. The lowest BCUT2D eigenvalue weighted by Gasteiger charge is -2.11. The van der Waals surface area contributed by atoms with Gasteiger partial charge in [0.05, 0.1) is 24.0 Å². The van der Waals surface area contributed by atoms with Crippen molar-refractivity contribution in [2.45, 2.75) is 25.8 Å². The number of halogens is 3. The van der Waals surface area contributed by atoms with E-state index in [4.69, 9.17) is 11.6 Å². The highest BCUT2D eigenvalue weighted by atomic mass is 35.5. The number of carbonyl (C=O) groups is 1. The van der Waals surface area contributed by atoms with Crippen LogP contribution in [0.2, 0.25) is 5.15 Å². The molecule has 4 rings (SSSR count). The van der Waals surface area contributed by atoms with Crippen molar-refractivity contribution in [3.8, 4) is 11.5 Å². The van der Waals surface area contributed by atoms with E-state index in [0.29, 0.717) is 23.0 Å². The number of pyridine rings is 1. The van der Waals surface area contributed by atoms with Crippen molar-refractivity contribution in [3.05, 3.63) is 70.6 Å². The van der Waals surface area contributed by atoms with Gasteiger partial charge in [0.25, 0.3) is 0 Å². The van der Waals surface area contributed by atoms with Gasteiger partial charge in [0.15, 0.2) is 11.5 Å². The Morgan fingerprint density at radius 2 is 2.00 bits per heavy atom. The summed E-state index contributed by atoms with van der Waals surface area (Å²) in [4.78, 5) is 24.0. The molecule has 1 aromatic carbocycles. The number of aliphatic carboxylic acids is 1. The largest absolute Gasteiger partial charge is 0.481 e. The fourth-order valence-corrected chi connectivity index (χ4v) is 3.60. The van der Waals surface area contributed by atoms with Crippen LogP contribution in [0.1, 0.15) is 30.4 Å². The predicted octanol–water partition coefficient (Wildman–Crippen LogP) is 4.45. The first-order valence-electron chi connectivity index (χ1n) is 9.40. The third kappa shape index (κ3) is 3.96. The summed E-state index contributed by atoms with van der Waals surface area (Å²) in [7, 11) is 0. The Kier molecular flexibility index (Phi) is 5.60. The summed E-state index contributed by atoms with van der Waals surface area (Å²) in [6.45, 7) is 1.78. The van der Waals surface area contributed by atoms with E-state index in [1.807, 2.05) is 0 Å². The first-order chi connectivity index (χ1) is 14.9. The number of hydrogen-bond acceptors (Lipinski definition) is 5. The van der Waals surface area contributed by atoms with E-state index in [-0.39, 0.29) is 28.8 Å². The van der Waals surface area contributed by atoms with E-state index in [1.165, 1.54) is 23.0 Å². The molecule has 0 aliphatic rings. The Bertz CT molecular complexity index is 1290. The van der Waals surface area contributed by atoms with Gasteiger partial charge in [0.2, 0.25) is 0 Å². The predicted molar refractivity (Wildman–Crippen MR) is 110 cm³/mol. The molecule has 3 aromatic heterocycles. The van der Waals surface area contributed by atoms with Gasteiger partial charge in [-0.1, -0.05) is 36.7 Å². The summed E-state index contributed by atoms with van der Waals surface area (Å²) in [5, 5.41) is 14.1. The van der Waals surface area contributed by atoms with Crippen LogP contribution in [0.25, 0.3) is 22.6 Å². The lowest BCUT2D eigenvalue weighted by Crippen LogP contribution is -2.12. The molecular formula is C21H16ClF2N5O2. The number of aromatic nitrogens is 5. The van der Waals surface area contributed by atoms with Crippen LogP contribution in [-0.4, -0.2) is 35.8 Å². The molecule has 10 heteroatoms. The first-order valence-corrected chi connectivity index (χ1v) is 9.78. The SMILES string of the molecule is CCC(C(=O)O)c1cnc(-c2nn(Cc3ccccc3F)c3ncc(F)cc23)nc1Cl. The van der Waals surface area contributed by atoms with Crippen molar-refractivity contribution < 1.29 is 18.7 Å². The molecule has 1 N–H and O–H groups in total. The molecule has 0 saturated heterocycles. The van der Waals surface area contributed by atoms with Crippen molar-refractivity contribution in [1.82, 2.24) is 24.7 Å². The molecule has 0 bridgehead atoms. The third-order valence-corrected chi connectivity index (χ3v) is 5.20. The van der Waals surface area contributed by atoms with E-state index < -0.39 is 23.5 Å². The molecule has 4 aromatic rings. The maximum atomic E-state index is 14.1. The Morgan fingerprint density at radius 3 is 2.68 bits per heavy atom. The minimum atomic E-state index is -1.04. The smallest absolute Gasteiger partial charge is 0.311 e. The van der Waals surface area contributed by atoms with Gasteiger partial charge < -0.3 is 5.11 Å². The topological polar surface area (TPSA) is 93.8 Å². The molecule has 0 amide bonds. The van der Waals surface area contributed by atoms with Crippen LogP contribution in [0.3, 0.4) is 0 Å². The molecule has 158 valence electrons. The van der Waals surface area contributed by atoms with Crippen molar-refractivity contribution >= 4 is 28.6 Å². The quantitative estimate of drug-likeness (QED) is 0.442. The highest BCUT2D eigenvalue weighted by Crippen LogP contribution is 2.30. The van der Waals surface area contributed by atoms with Gasteiger partial charge in [-0.2, -0.15) is 5.10 Å². The fraction of sp³-hybridized carbons (Fsp3) is 0.190. The van der Waals surface area contributed by atoms with Crippen LogP contribution in [-0.2, 0) is 11.3 Å². The number of rotatable bonds is 6. The van der Waals surface area contributed by atoms with Crippen molar-refractivity contribution in [1.29, 1.82) is 0 Å². The summed E-state index contributed by atoms with van der Waals surface area (Å²) in [5.41, 5.74) is 1.18. The number of benzene rings is 1. The maximum Gasteiger partial charge on any atom is 0.311 e. The molecule has 0 aliphatic carbocycles. The zero-order valence-corrected chi connectivity index (χ0v) is 17.0. The molecule has 31 heavy (non-hydrogen) atoms. The fourth-order valence-electron chi connectivity index (χ4n) is 3.34. The summed E-state index contributed by atoms with van der Waals surface area (Å²) < 4.78 is 29.5. The number of carboxylic acids is 1. The van der Waals surface area contributed by atoms with Gasteiger partial charge in [0, 0.05) is 17.3 Å². The van der Waals surface area contributed by atoms with Gasteiger partial charge in [-0.05, 0) is 18.6 Å². The second-order valence-electron chi connectivity index (χ2n) is 6.86. The van der Waals surface area contributed by atoms with Gasteiger partial charge in [0.1, 0.15) is 22.5 Å². The Morgan fingerprint density at radius 1 is 1.23 bits per heavy atom. The van der Waals surface area contributed by atoms with Crippen LogP contribution < -0.4 is 0 Å². The Labute approximate surface area is 180 Å². The van der Waals surface area contributed by atoms with Crippen LogP contribution in [0.5, 0.6) is 0 Å². The molecule has 1 atom stereocenters. The summed E-state index contributed by atoms with van der Waals surface area (Å²) >= 11 is 6.25. The third-order valence-electron chi connectivity index (χ3n) is 4.89. The Hall–Kier alpha value is -3.46. The lowest BCUT2D eigenvalue weighted by atomic mass is 10.00. The van der Waals surface area contributed by atoms with Gasteiger partial charge >= 0.3 is 5.97 Å². The zero-order valence-electron chi connectivity index (χ0n) is 16.3.